The van der Waals surface area contributed by atoms with E-state index >= 15 is 0 Å². The molecule has 0 radical (unpaired) electrons. The van der Waals surface area contributed by atoms with Crippen LogP contribution in [0.1, 0.15) is 16.8 Å². The van der Waals surface area contributed by atoms with Gasteiger partial charge in [0.15, 0.2) is 0 Å². The number of rotatable bonds is 2. The number of halogens is 1. The van der Waals surface area contributed by atoms with Crippen LogP contribution in [-0.4, -0.2) is 9.97 Å². The zero-order valence-corrected chi connectivity index (χ0v) is 11.0. The van der Waals surface area contributed by atoms with E-state index in [0.717, 1.165) is 21.3 Å². The molecule has 0 unspecified atom stereocenters. The summed E-state index contributed by atoms with van der Waals surface area (Å²) in [7, 11) is 0. The van der Waals surface area contributed by atoms with E-state index < -0.39 is 0 Å². The number of anilines is 2. The van der Waals surface area contributed by atoms with Gasteiger partial charge >= 0.3 is 0 Å². The van der Waals surface area contributed by atoms with Gasteiger partial charge in [-0.05, 0) is 24.6 Å². The number of aryl methyl sites for hydroxylation is 1. The zero-order chi connectivity index (χ0) is 12.4. The molecule has 4 N–H and O–H groups in total. The highest BCUT2D eigenvalue weighted by Crippen LogP contribution is 2.19. The number of nitrogens with zero attached hydrogens (tertiary/aromatic N) is 2. The number of nitrogens with two attached hydrogens (primary N) is 2. The molecule has 1 heterocycles. The Morgan fingerprint density at radius 3 is 2.35 bits per heavy atom. The molecule has 2 aromatic rings. The van der Waals surface area contributed by atoms with E-state index in [0.29, 0.717) is 12.2 Å². The summed E-state index contributed by atoms with van der Waals surface area (Å²) in [6.45, 7) is 1.89. The molecule has 0 fully saturated rings. The second kappa shape index (κ2) is 4.71. The van der Waals surface area contributed by atoms with Crippen LogP contribution in [0.2, 0.25) is 0 Å². The van der Waals surface area contributed by atoms with Gasteiger partial charge in [-0.2, -0.15) is 4.98 Å². The second-order valence-electron chi connectivity index (χ2n) is 3.83. The van der Waals surface area contributed by atoms with Crippen molar-refractivity contribution in [3.8, 4) is 0 Å². The quantitative estimate of drug-likeness (QED) is 0.890. The summed E-state index contributed by atoms with van der Waals surface area (Å²) in [6, 6.07) is 8.08. The largest absolute Gasteiger partial charge is 0.383 e. The molecule has 0 spiro atoms. The Kier molecular flexibility index (Phi) is 3.28. The van der Waals surface area contributed by atoms with Crippen LogP contribution < -0.4 is 11.5 Å². The molecular formula is C12H13BrN4. The first-order valence-corrected chi connectivity index (χ1v) is 5.98. The molecule has 0 saturated carbocycles. The van der Waals surface area contributed by atoms with Gasteiger partial charge in [0.25, 0.3) is 0 Å². The van der Waals surface area contributed by atoms with Crippen molar-refractivity contribution in [2.75, 3.05) is 11.5 Å². The molecule has 2 rings (SSSR count). The van der Waals surface area contributed by atoms with Crippen LogP contribution in [0, 0.1) is 6.92 Å². The summed E-state index contributed by atoms with van der Waals surface area (Å²) >= 11 is 3.40. The van der Waals surface area contributed by atoms with Gasteiger partial charge in [-0.25, -0.2) is 4.98 Å². The van der Waals surface area contributed by atoms with Crippen LogP contribution in [0.3, 0.4) is 0 Å². The van der Waals surface area contributed by atoms with Crippen molar-refractivity contribution in [1.29, 1.82) is 0 Å². The lowest BCUT2D eigenvalue weighted by Crippen LogP contribution is -2.07. The van der Waals surface area contributed by atoms with Crippen molar-refractivity contribution >= 4 is 27.7 Å². The van der Waals surface area contributed by atoms with Crippen molar-refractivity contribution in [1.82, 2.24) is 9.97 Å². The third kappa shape index (κ3) is 2.74. The molecule has 1 aromatic heterocycles. The van der Waals surface area contributed by atoms with Crippen molar-refractivity contribution in [3.05, 3.63) is 45.6 Å². The fourth-order valence-corrected chi connectivity index (χ4v) is 1.93. The van der Waals surface area contributed by atoms with E-state index in [4.69, 9.17) is 11.5 Å². The van der Waals surface area contributed by atoms with E-state index in [1.165, 1.54) is 0 Å². The SMILES string of the molecule is Cc1nc(N)nc(N)c1Cc1ccc(Br)cc1. The standard InChI is InChI=1S/C12H13BrN4/c1-7-10(11(14)17-12(15)16-7)6-8-2-4-9(13)5-3-8/h2-5H,6H2,1H3,(H4,14,15,16,17). The Hall–Kier alpha value is -1.62. The van der Waals surface area contributed by atoms with Crippen molar-refractivity contribution < 1.29 is 0 Å². The topological polar surface area (TPSA) is 77.8 Å². The zero-order valence-electron chi connectivity index (χ0n) is 9.44. The average molecular weight is 293 g/mol. The molecule has 4 nitrogen and oxygen atoms in total. The van der Waals surface area contributed by atoms with E-state index in [9.17, 15) is 0 Å². The minimum absolute atomic E-state index is 0.222. The lowest BCUT2D eigenvalue weighted by molar-refractivity contribution is 1.04. The fraction of sp³-hybridized carbons (Fsp3) is 0.167. The summed E-state index contributed by atoms with van der Waals surface area (Å²) in [4.78, 5) is 8.11. The Balaban J connectivity index is 2.33. The fourth-order valence-electron chi connectivity index (χ4n) is 1.67. The molecule has 0 aliphatic rings. The van der Waals surface area contributed by atoms with Crippen molar-refractivity contribution in [3.63, 3.8) is 0 Å². The molecule has 0 saturated heterocycles. The first-order valence-electron chi connectivity index (χ1n) is 5.19. The second-order valence-corrected chi connectivity index (χ2v) is 4.75. The number of nitrogen functional groups attached to an aromatic ring is 2. The Bertz CT molecular complexity index is 514. The van der Waals surface area contributed by atoms with Crippen LogP contribution in [-0.2, 0) is 6.42 Å². The molecular weight excluding hydrogens is 280 g/mol. The lowest BCUT2D eigenvalue weighted by atomic mass is 10.0. The predicted octanol–water partition coefficient (Wildman–Crippen LogP) is 2.30. The van der Waals surface area contributed by atoms with E-state index in [1.807, 2.05) is 31.2 Å². The van der Waals surface area contributed by atoms with Gasteiger partial charge in [0, 0.05) is 22.2 Å². The minimum atomic E-state index is 0.222. The molecule has 0 aliphatic carbocycles. The molecule has 0 aliphatic heterocycles. The third-order valence-corrected chi connectivity index (χ3v) is 3.09. The van der Waals surface area contributed by atoms with Gasteiger partial charge in [0.05, 0.1) is 0 Å². The van der Waals surface area contributed by atoms with Crippen LogP contribution >= 0.6 is 15.9 Å². The predicted molar refractivity (Wildman–Crippen MR) is 72.5 cm³/mol. The molecule has 1 aromatic carbocycles. The number of aromatic nitrogens is 2. The van der Waals surface area contributed by atoms with E-state index in [-0.39, 0.29) is 5.95 Å². The molecule has 0 atom stereocenters. The smallest absolute Gasteiger partial charge is 0.222 e. The molecule has 0 amide bonds. The normalized spacial score (nSPS) is 10.5. The average Bonchev–Trinajstić information content (AvgIpc) is 2.26. The van der Waals surface area contributed by atoms with Crippen LogP contribution in [0.15, 0.2) is 28.7 Å². The molecule has 5 heteroatoms. The lowest BCUT2D eigenvalue weighted by Gasteiger charge is -2.09. The summed E-state index contributed by atoms with van der Waals surface area (Å²) < 4.78 is 1.06. The van der Waals surface area contributed by atoms with Crippen LogP contribution in [0.25, 0.3) is 0 Å². The molecule has 88 valence electrons. The Morgan fingerprint density at radius 1 is 1.12 bits per heavy atom. The first kappa shape index (κ1) is 11.9. The number of benzene rings is 1. The summed E-state index contributed by atoms with van der Waals surface area (Å²) in [5.41, 5.74) is 14.3. The number of hydrogen-bond acceptors (Lipinski definition) is 4. The third-order valence-electron chi connectivity index (χ3n) is 2.56. The first-order chi connectivity index (χ1) is 8.06. The highest BCUT2D eigenvalue weighted by Gasteiger charge is 2.08. The van der Waals surface area contributed by atoms with Gasteiger partial charge in [0.1, 0.15) is 5.82 Å². The molecule has 0 bridgehead atoms. The van der Waals surface area contributed by atoms with Gasteiger partial charge in [-0.15, -0.1) is 0 Å². The highest BCUT2D eigenvalue weighted by atomic mass is 79.9. The van der Waals surface area contributed by atoms with Crippen molar-refractivity contribution in [2.45, 2.75) is 13.3 Å². The number of hydrogen-bond donors (Lipinski definition) is 2. The molecule has 17 heavy (non-hydrogen) atoms. The van der Waals surface area contributed by atoms with Gasteiger partial charge < -0.3 is 11.5 Å². The maximum absolute atomic E-state index is 5.86. The van der Waals surface area contributed by atoms with E-state index in [2.05, 4.69) is 25.9 Å². The summed E-state index contributed by atoms with van der Waals surface area (Å²) in [5, 5.41) is 0. The Morgan fingerprint density at radius 2 is 1.76 bits per heavy atom. The summed E-state index contributed by atoms with van der Waals surface area (Å²) in [5.74, 6) is 0.678. The monoisotopic (exact) mass is 292 g/mol. The van der Waals surface area contributed by atoms with Crippen LogP contribution in [0.4, 0.5) is 11.8 Å². The minimum Gasteiger partial charge on any atom is -0.383 e. The van der Waals surface area contributed by atoms with E-state index in [1.54, 1.807) is 0 Å². The highest BCUT2D eigenvalue weighted by molar-refractivity contribution is 9.10. The van der Waals surface area contributed by atoms with Gasteiger partial charge in [0.2, 0.25) is 5.95 Å². The maximum Gasteiger partial charge on any atom is 0.222 e. The van der Waals surface area contributed by atoms with Crippen LogP contribution in [0.5, 0.6) is 0 Å². The van der Waals surface area contributed by atoms with Gasteiger partial charge in [-0.3, -0.25) is 0 Å². The Labute approximate surface area is 108 Å². The van der Waals surface area contributed by atoms with Crippen molar-refractivity contribution in [2.24, 2.45) is 0 Å². The summed E-state index contributed by atoms with van der Waals surface area (Å²) in [6.07, 6.45) is 0.714. The maximum atomic E-state index is 5.86. The van der Waals surface area contributed by atoms with Gasteiger partial charge in [-0.1, -0.05) is 28.1 Å².